The number of nitrogens with one attached hydrogen (secondary N) is 2. The molecular formula is C15H21N3O3. The first-order valence-corrected chi connectivity index (χ1v) is 7.05. The fourth-order valence-electron chi connectivity index (χ4n) is 2.57. The molecule has 4 N–H and O–H groups in total. The number of nitrogens with two attached hydrogens (primary N) is 1. The number of carbonyl (C=O) groups excluding carboxylic acids is 2. The summed E-state index contributed by atoms with van der Waals surface area (Å²) in [6.07, 6.45) is 2.09. The van der Waals surface area contributed by atoms with E-state index in [1.807, 2.05) is 6.92 Å². The zero-order valence-electron chi connectivity index (χ0n) is 12.3. The predicted molar refractivity (Wildman–Crippen MR) is 80.3 cm³/mol. The molecule has 1 aromatic rings. The third-order valence-corrected chi connectivity index (χ3v) is 3.79. The van der Waals surface area contributed by atoms with E-state index >= 15 is 0 Å². The molecule has 1 saturated heterocycles. The number of amides is 2. The second kappa shape index (κ2) is 6.58. The summed E-state index contributed by atoms with van der Waals surface area (Å²) in [5.41, 5.74) is 6.05. The number of carbonyl (C=O) groups is 2. The predicted octanol–water partition coefficient (Wildman–Crippen LogP) is 1.12. The van der Waals surface area contributed by atoms with Crippen molar-refractivity contribution < 1.29 is 14.3 Å². The van der Waals surface area contributed by atoms with E-state index < -0.39 is 5.91 Å². The van der Waals surface area contributed by atoms with Gasteiger partial charge >= 0.3 is 0 Å². The van der Waals surface area contributed by atoms with Crippen molar-refractivity contribution in [2.24, 2.45) is 11.7 Å². The standard InChI is InChI=1S/C15H21N3O3/c1-9-4-3-7-17-13(9)15(20)18-11-8-10(14(16)19)5-6-12(11)21-2/h5-6,8-9,13,17H,3-4,7H2,1-2H3,(H2,16,19)(H,18,20). The average Bonchev–Trinajstić information content (AvgIpc) is 2.47. The summed E-state index contributed by atoms with van der Waals surface area (Å²) in [5.74, 6) is 0.0975. The Labute approximate surface area is 124 Å². The van der Waals surface area contributed by atoms with Crippen LogP contribution in [0.4, 0.5) is 5.69 Å². The van der Waals surface area contributed by atoms with Crippen LogP contribution in [0.5, 0.6) is 5.75 Å². The van der Waals surface area contributed by atoms with Crippen LogP contribution < -0.4 is 21.1 Å². The third kappa shape index (κ3) is 3.52. The summed E-state index contributed by atoms with van der Waals surface area (Å²) in [7, 11) is 1.51. The number of primary amides is 1. The van der Waals surface area contributed by atoms with E-state index in [-0.39, 0.29) is 17.9 Å². The Bertz CT molecular complexity index is 545. The highest BCUT2D eigenvalue weighted by Crippen LogP contribution is 2.26. The van der Waals surface area contributed by atoms with Crippen LogP contribution in [0.15, 0.2) is 18.2 Å². The Kier molecular flexibility index (Phi) is 4.80. The van der Waals surface area contributed by atoms with Gasteiger partial charge in [0.15, 0.2) is 0 Å². The van der Waals surface area contributed by atoms with Crippen LogP contribution in [0, 0.1) is 5.92 Å². The Hall–Kier alpha value is -2.08. The number of hydrogen-bond donors (Lipinski definition) is 3. The molecule has 6 nitrogen and oxygen atoms in total. The minimum atomic E-state index is -0.544. The number of anilines is 1. The van der Waals surface area contributed by atoms with Gasteiger partial charge < -0.3 is 21.1 Å². The van der Waals surface area contributed by atoms with Gasteiger partial charge in [0.05, 0.1) is 18.8 Å². The molecule has 2 atom stereocenters. The number of benzene rings is 1. The van der Waals surface area contributed by atoms with Gasteiger partial charge in [0, 0.05) is 5.56 Å². The summed E-state index contributed by atoms with van der Waals surface area (Å²) >= 11 is 0. The smallest absolute Gasteiger partial charge is 0.248 e. The van der Waals surface area contributed by atoms with Crippen molar-refractivity contribution in [1.82, 2.24) is 5.32 Å². The van der Waals surface area contributed by atoms with Crippen LogP contribution in [0.3, 0.4) is 0 Å². The molecule has 1 aliphatic heterocycles. The molecule has 2 amide bonds. The lowest BCUT2D eigenvalue weighted by Gasteiger charge is -2.29. The Morgan fingerprint density at radius 2 is 2.19 bits per heavy atom. The molecule has 1 aliphatic rings. The first-order valence-electron chi connectivity index (χ1n) is 7.05. The van der Waals surface area contributed by atoms with Crippen molar-refractivity contribution in [3.05, 3.63) is 23.8 Å². The fourth-order valence-corrected chi connectivity index (χ4v) is 2.57. The maximum Gasteiger partial charge on any atom is 0.248 e. The normalized spacial score (nSPS) is 21.6. The molecule has 6 heteroatoms. The van der Waals surface area contributed by atoms with Crippen molar-refractivity contribution in [3.63, 3.8) is 0 Å². The molecule has 0 spiro atoms. The Balaban J connectivity index is 2.19. The fraction of sp³-hybridized carbons (Fsp3) is 0.467. The van der Waals surface area contributed by atoms with Crippen LogP contribution >= 0.6 is 0 Å². The lowest BCUT2D eigenvalue weighted by atomic mass is 9.92. The number of rotatable bonds is 4. The number of methoxy groups -OCH3 is 1. The zero-order valence-corrected chi connectivity index (χ0v) is 12.3. The molecule has 2 unspecified atom stereocenters. The number of ether oxygens (including phenoxy) is 1. The quantitative estimate of drug-likeness (QED) is 0.775. The third-order valence-electron chi connectivity index (χ3n) is 3.79. The minimum absolute atomic E-state index is 0.123. The second-order valence-corrected chi connectivity index (χ2v) is 5.32. The summed E-state index contributed by atoms with van der Waals surface area (Å²) in [6.45, 7) is 2.88. The summed E-state index contributed by atoms with van der Waals surface area (Å²) in [5, 5.41) is 6.04. The Morgan fingerprint density at radius 3 is 2.81 bits per heavy atom. The van der Waals surface area contributed by atoms with Crippen molar-refractivity contribution in [3.8, 4) is 5.75 Å². The molecule has 21 heavy (non-hydrogen) atoms. The first kappa shape index (κ1) is 15.3. The van der Waals surface area contributed by atoms with Crippen LogP contribution in [0.2, 0.25) is 0 Å². The van der Waals surface area contributed by atoms with Crippen LogP contribution in [-0.2, 0) is 4.79 Å². The van der Waals surface area contributed by atoms with Crippen molar-refractivity contribution in [2.75, 3.05) is 19.0 Å². The summed E-state index contributed by atoms with van der Waals surface area (Å²) in [6, 6.07) is 4.49. The van der Waals surface area contributed by atoms with Crippen molar-refractivity contribution in [2.45, 2.75) is 25.8 Å². The van der Waals surface area contributed by atoms with Crippen LogP contribution in [-0.4, -0.2) is 31.5 Å². The molecule has 0 radical (unpaired) electrons. The summed E-state index contributed by atoms with van der Waals surface area (Å²) < 4.78 is 5.21. The van der Waals surface area contributed by atoms with Gasteiger partial charge in [-0.2, -0.15) is 0 Å². The van der Waals surface area contributed by atoms with E-state index in [4.69, 9.17) is 10.5 Å². The molecule has 1 aromatic carbocycles. The topological polar surface area (TPSA) is 93.4 Å². The lowest BCUT2D eigenvalue weighted by molar-refractivity contribution is -0.119. The van der Waals surface area contributed by atoms with E-state index in [2.05, 4.69) is 10.6 Å². The van der Waals surface area contributed by atoms with E-state index in [1.165, 1.54) is 13.2 Å². The van der Waals surface area contributed by atoms with Gasteiger partial charge in [-0.05, 0) is 43.5 Å². The van der Waals surface area contributed by atoms with E-state index in [0.29, 0.717) is 17.0 Å². The maximum atomic E-state index is 12.4. The number of piperidine rings is 1. The monoisotopic (exact) mass is 291 g/mol. The second-order valence-electron chi connectivity index (χ2n) is 5.32. The molecule has 114 valence electrons. The van der Waals surface area contributed by atoms with E-state index in [1.54, 1.807) is 12.1 Å². The van der Waals surface area contributed by atoms with Gasteiger partial charge in [-0.25, -0.2) is 0 Å². The first-order chi connectivity index (χ1) is 10.0. The zero-order chi connectivity index (χ0) is 15.4. The largest absolute Gasteiger partial charge is 0.495 e. The molecule has 0 saturated carbocycles. The van der Waals surface area contributed by atoms with Crippen LogP contribution in [0.25, 0.3) is 0 Å². The van der Waals surface area contributed by atoms with Gasteiger partial charge in [0.25, 0.3) is 0 Å². The van der Waals surface area contributed by atoms with Gasteiger partial charge in [0.2, 0.25) is 11.8 Å². The van der Waals surface area contributed by atoms with Crippen molar-refractivity contribution >= 4 is 17.5 Å². The van der Waals surface area contributed by atoms with Gasteiger partial charge in [-0.1, -0.05) is 6.92 Å². The molecular weight excluding hydrogens is 270 g/mol. The van der Waals surface area contributed by atoms with Crippen LogP contribution in [0.1, 0.15) is 30.1 Å². The molecule has 0 aromatic heterocycles. The number of hydrogen-bond acceptors (Lipinski definition) is 4. The van der Waals surface area contributed by atoms with E-state index in [0.717, 1.165) is 19.4 Å². The lowest BCUT2D eigenvalue weighted by Crippen LogP contribution is -2.48. The molecule has 1 fully saturated rings. The molecule has 1 heterocycles. The average molecular weight is 291 g/mol. The van der Waals surface area contributed by atoms with Crippen molar-refractivity contribution in [1.29, 1.82) is 0 Å². The highest BCUT2D eigenvalue weighted by molar-refractivity contribution is 5.99. The highest BCUT2D eigenvalue weighted by Gasteiger charge is 2.28. The highest BCUT2D eigenvalue weighted by atomic mass is 16.5. The Morgan fingerprint density at radius 1 is 1.43 bits per heavy atom. The summed E-state index contributed by atoms with van der Waals surface area (Å²) in [4.78, 5) is 23.6. The minimum Gasteiger partial charge on any atom is -0.495 e. The van der Waals surface area contributed by atoms with Gasteiger partial charge in [0.1, 0.15) is 5.75 Å². The molecule has 0 bridgehead atoms. The maximum absolute atomic E-state index is 12.4. The molecule has 0 aliphatic carbocycles. The van der Waals surface area contributed by atoms with E-state index in [9.17, 15) is 9.59 Å². The molecule has 2 rings (SSSR count). The SMILES string of the molecule is COc1ccc(C(N)=O)cc1NC(=O)C1NCCCC1C. The van der Waals surface area contributed by atoms with Gasteiger partial charge in [-0.15, -0.1) is 0 Å². The van der Waals surface area contributed by atoms with Gasteiger partial charge in [-0.3, -0.25) is 9.59 Å².